The van der Waals surface area contributed by atoms with E-state index in [4.69, 9.17) is 20.9 Å². The van der Waals surface area contributed by atoms with Crippen molar-refractivity contribution in [3.05, 3.63) is 29.3 Å². The van der Waals surface area contributed by atoms with Gasteiger partial charge in [-0.05, 0) is 48.6 Å². The van der Waals surface area contributed by atoms with Gasteiger partial charge >= 0.3 is 6.64 Å². The van der Waals surface area contributed by atoms with E-state index >= 15 is 0 Å². The molecule has 0 aliphatic carbocycles. The Kier molecular flexibility index (Phi) is 5.48. The molecule has 1 saturated heterocycles. The highest BCUT2D eigenvalue weighted by molar-refractivity contribution is 8.09. The first-order chi connectivity index (χ1) is 9.79. The molecule has 1 fully saturated rings. The molecule has 5 heteroatoms. The fraction of sp³-hybridized carbons (Fsp3) is 0.625. The third-order valence-corrected chi connectivity index (χ3v) is 6.01. The molecule has 0 bridgehead atoms. The molecule has 0 amide bonds. The number of hydrogen-bond acceptors (Lipinski definition) is 3. The average Bonchev–Trinajstić information content (AvgIpc) is 2.72. The Morgan fingerprint density at radius 3 is 2.71 bits per heavy atom. The first-order valence-electron chi connectivity index (χ1n) is 7.61. The fourth-order valence-electron chi connectivity index (χ4n) is 2.56. The van der Waals surface area contributed by atoms with Crippen molar-refractivity contribution in [1.82, 2.24) is 5.09 Å². The minimum atomic E-state index is -2.40. The maximum absolute atomic E-state index is 6.11. The van der Waals surface area contributed by atoms with E-state index < -0.39 is 6.64 Å². The van der Waals surface area contributed by atoms with Crippen LogP contribution in [0.25, 0.3) is 0 Å². The van der Waals surface area contributed by atoms with Gasteiger partial charge in [-0.15, -0.1) is 0 Å². The average molecular weight is 327 g/mol. The lowest BCUT2D eigenvalue weighted by Gasteiger charge is -2.21. The molecule has 2 atom stereocenters. The Morgan fingerprint density at radius 2 is 2.10 bits per heavy atom. The smallest absolute Gasteiger partial charge is 0.313 e. The molecular weight excluding hydrogens is 301 g/mol. The number of aryl methyl sites for hydroxylation is 1. The van der Waals surface area contributed by atoms with Gasteiger partial charge < -0.3 is 9.05 Å². The highest BCUT2D eigenvalue weighted by atomic mass is 32.5. The van der Waals surface area contributed by atoms with Crippen LogP contribution >= 0.6 is 6.64 Å². The van der Waals surface area contributed by atoms with E-state index in [0.717, 1.165) is 12.2 Å². The molecule has 2 rings (SSSR count). The van der Waals surface area contributed by atoms with Crippen LogP contribution in [0, 0.1) is 12.8 Å². The zero-order chi connectivity index (χ0) is 15.6. The fourth-order valence-corrected chi connectivity index (χ4v) is 5.04. The molecule has 1 unspecified atom stereocenters. The topological polar surface area (TPSA) is 30.5 Å². The van der Waals surface area contributed by atoms with Crippen LogP contribution in [-0.4, -0.2) is 12.6 Å². The van der Waals surface area contributed by atoms with Gasteiger partial charge in [0.1, 0.15) is 5.75 Å². The minimum absolute atomic E-state index is 0.309. The molecule has 1 aromatic carbocycles. The lowest BCUT2D eigenvalue weighted by atomic mass is 10.0. The second kappa shape index (κ2) is 6.78. The largest absolute Gasteiger partial charge is 0.432 e. The normalized spacial score (nSPS) is 25.8. The maximum Gasteiger partial charge on any atom is 0.313 e. The van der Waals surface area contributed by atoms with Gasteiger partial charge in [0, 0.05) is 6.04 Å². The number of hydrogen-bond donors (Lipinski definition) is 1. The summed E-state index contributed by atoms with van der Waals surface area (Å²) in [5.74, 6) is 1.88. The third kappa shape index (κ3) is 4.53. The highest BCUT2D eigenvalue weighted by Crippen LogP contribution is 2.50. The second-order valence-corrected chi connectivity index (χ2v) is 9.67. The van der Waals surface area contributed by atoms with E-state index in [1.165, 1.54) is 11.1 Å². The number of nitrogens with one attached hydrogen (secondary N) is 1. The van der Waals surface area contributed by atoms with Crippen LogP contribution < -0.4 is 9.61 Å². The van der Waals surface area contributed by atoms with Crippen LogP contribution in [0.2, 0.25) is 0 Å². The van der Waals surface area contributed by atoms with E-state index in [-0.39, 0.29) is 0 Å². The molecule has 0 aromatic heterocycles. The summed E-state index contributed by atoms with van der Waals surface area (Å²) in [6.45, 7) is 9.10. The highest BCUT2D eigenvalue weighted by Gasteiger charge is 2.34. The summed E-state index contributed by atoms with van der Waals surface area (Å²) < 4.78 is 11.9. The summed E-state index contributed by atoms with van der Waals surface area (Å²) >= 11 is 5.61. The quantitative estimate of drug-likeness (QED) is 0.790. The molecule has 1 aliphatic rings. The molecule has 0 saturated carbocycles. The van der Waals surface area contributed by atoms with Gasteiger partial charge in [0.15, 0.2) is 0 Å². The summed E-state index contributed by atoms with van der Waals surface area (Å²) in [5, 5.41) is 3.41. The van der Waals surface area contributed by atoms with Gasteiger partial charge in [-0.1, -0.05) is 45.4 Å². The molecular formula is C16H26NO2PS. The van der Waals surface area contributed by atoms with E-state index in [0.29, 0.717) is 24.5 Å². The standard InChI is InChI=1S/C16H26NO2PS/c1-11(2)8-14-10-18-20(21,17-14)19-16-7-6-13(5)9-15(16)12(3)4/h6-7,9,11-12,14H,8,10H2,1-5H3,(H,17,21)/t14-,20?/m0/s1. The molecule has 1 N–H and O–H groups in total. The van der Waals surface area contributed by atoms with Crippen molar-refractivity contribution >= 4 is 18.4 Å². The van der Waals surface area contributed by atoms with Crippen molar-refractivity contribution in [1.29, 1.82) is 0 Å². The van der Waals surface area contributed by atoms with E-state index in [1.807, 2.05) is 6.07 Å². The SMILES string of the molecule is Cc1ccc(OP2(=S)N[C@@H](CC(C)C)CO2)c(C(C)C)c1. The van der Waals surface area contributed by atoms with E-state index in [1.54, 1.807) is 0 Å². The summed E-state index contributed by atoms with van der Waals surface area (Å²) in [6, 6.07) is 6.55. The monoisotopic (exact) mass is 327 g/mol. The number of benzene rings is 1. The van der Waals surface area contributed by atoms with Crippen LogP contribution in [0.3, 0.4) is 0 Å². The Hall–Kier alpha value is -0.410. The molecule has 21 heavy (non-hydrogen) atoms. The van der Waals surface area contributed by atoms with Crippen molar-refractivity contribution in [2.75, 3.05) is 6.61 Å². The van der Waals surface area contributed by atoms with Crippen LogP contribution in [0.4, 0.5) is 0 Å². The first kappa shape index (κ1) is 17.0. The van der Waals surface area contributed by atoms with Gasteiger partial charge in [-0.2, -0.15) is 0 Å². The summed E-state index contributed by atoms with van der Waals surface area (Å²) in [4.78, 5) is 0. The van der Waals surface area contributed by atoms with Gasteiger partial charge in [0.05, 0.1) is 6.61 Å². The molecule has 1 aliphatic heterocycles. The lowest BCUT2D eigenvalue weighted by molar-refractivity contribution is 0.315. The van der Waals surface area contributed by atoms with Crippen molar-refractivity contribution in [3.63, 3.8) is 0 Å². The van der Waals surface area contributed by atoms with E-state index in [9.17, 15) is 0 Å². The minimum Gasteiger partial charge on any atom is -0.432 e. The zero-order valence-electron chi connectivity index (χ0n) is 13.6. The Balaban J connectivity index is 2.13. The molecule has 1 aromatic rings. The van der Waals surface area contributed by atoms with Crippen molar-refractivity contribution in [2.45, 2.75) is 53.0 Å². The van der Waals surface area contributed by atoms with Crippen LogP contribution in [0.1, 0.15) is 51.2 Å². The van der Waals surface area contributed by atoms with Gasteiger partial charge in [-0.25, -0.2) is 5.09 Å². The van der Waals surface area contributed by atoms with Crippen molar-refractivity contribution < 1.29 is 9.05 Å². The third-order valence-electron chi connectivity index (χ3n) is 3.55. The second-order valence-electron chi connectivity index (χ2n) is 6.54. The summed E-state index contributed by atoms with van der Waals surface area (Å²) in [5.41, 5.74) is 2.43. The maximum atomic E-state index is 6.11. The molecule has 1 heterocycles. The van der Waals surface area contributed by atoms with Crippen molar-refractivity contribution in [3.8, 4) is 5.75 Å². The first-order valence-corrected chi connectivity index (χ1v) is 10.3. The van der Waals surface area contributed by atoms with Crippen LogP contribution in [0.15, 0.2) is 18.2 Å². The number of rotatable bonds is 5. The van der Waals surface area contributed by atoms with Gasteiger partial charge in [0.25, 0.3) is 0 Å². The predicted octanol–water partition coefficient (Wildman–Crippen LogP) is 4.76. The molecule has 0 radical (unpaired) electrons. The van der Waals surface area contributed by atoms with Gasteiger partial charge in [0.2, 0.25) is 0 Å². The van der Waals surface area contributed by atoms with Crippen molar-refractivity contribution in [2.24, 2.45) is 5.92 Å². The zero-order valence-corrected chi connectivity index (χ0v) is 15.3. The summed E-state index contributed by atoms with van der Waals surface area (Å²) in [7, 11) is 0. The summed E-state index contributed by atoms with van der Waals surface area (Å²) in [6.07, 6.45) is 1.06. The Morgan fingerprint density at radius 1 is 1.38 bits per heavy atom. The van der Waals surface area contributed by atoms with Crippen LogP contribution in [0.5, 0.6) is 5.75 Å². The van der Waals surface area contributed by atoms with Gasteiger partial charge in [-0.3, -0.25) is 0 Å². The predicted molar refractivity (Wildman–Crippen MR) is 92.5 cm³/mol. The Labute approximate surface area is 133 Å². The van der Waals surface area contributed by atoms with E-state index in [2.05, 4.69) is 51.8 Å². The Bertz CT molecular complexity index is 545. The van der Waals surface area contributed by atoms with Crippen LogP contribution in [-0.2, 0) is 16.3 Å². The molecule has 3 nitrogen and oxygen atoms in total. The molecule has 0 spiro atoms. The lowest BCUT2D eigenvalue weighted by Crippen LogP contribution is -2.24. The molecule has 118 valence electrons.